The van der Waals surface area contributed by atoms with Crippen LogP contribution in [-0.4, -0.2) is 79.9 Å². The van der Waals surface area contributed by atoms with E-state index in [1.54, 1.807) is 4.90 Å². The molecule has 0 bridgehead atoms. The van der Waals surface area contributed by atoms with Gasteiger partial charge in [0.05, 0.1) is 19.6 Å². The number of halogens is 10. The molecule has 1 heterocycles. The van der Waals surface area contributed by atoms with Crippen LogP contribution in [0.2, 0.25) is 0 Å². The molecule has 178 valence electrons. The smallest absolute Gasteiger partial charge is 0.377 e. The van der Waals surface area contributed by atoms with E-state index in [4.69, 9.17) is 4.74 Å². The summed E-state index contributed by atoms with van der Waals surface area (Å²) in [7, 11) is 0. The first-order valence-corrected chi connectivity index (χ1v) is 8.81. The van der Waals surface area contributed by atoms with Gasteiger partial charge < -0.3 is 9.47 Å². The van der Waals surface area contributed by atoms with Crippen LogP contribution in [-0.2, 0) is 14.3 Å². The van der Waals surface area contributed by atoms with E-state index in [1.807, 2.05) is 0 Å². The molecule has 14 heteroatoms. The van der Waals surface area contributed by atoms with E-state index >= 15 is 0 Å². The Morgan fingerprint density at radius 1 is 0.967 bits per heavy atom. The molecule has 0 N–H and O–H groups in total. The molecule has 4 nitrogen and oxygen atoms in total. The number of esters is 1. The standard InChI is InChI=1S/C16H21F10NO3/c1-10(8-27-4-6-29-7-5-27)30-12(28)14(21,22)9-16(25,26)15(23,24)3-2-13(19,20)11(17)18/h10-11H,2-9H2,1H3. The molecule has 0 aromatic carbocycles. The van der Waals surface area contributed by atoms with Crippen LogP contribution in [0.25, 0.3) is 0 Å². The number of hydrogen-bond donors (Lipinski definition) is 0. The lowest BCUT2D eigenvalue weighted by Gasteiger charge is -2.31. The molecule has 0 aromatic rings. The lowest BCUT2D eigenvalue weighted by Crippen LogP contribution is -2.49. The molecule has 0 saturated carbocycles. The average Bonchev–Trinajstić information content (AvgIpc) is 2.59. The quantitative estimate of drug-likeness (QED) is 0.338. The van der Waals surface area contributed by atoms with Crippen LogP contribution in [0.5, 0.6) is 0 Å². The average molecular weight is 465 g/mol. The number of morpholine rings is 1. The van der Waals surface area contributed by atoms with E-state index in [-0.39, 0.29) is 6.54 Å². The van der Waals surface area contributed by atoms with Gasteiger partial charge >= 0.3 is 36.1 Å². The Labute approximate surface area is 165 Å². The van der Waals surface area contributed by atoms with Gasteiger partial charge in [-0.15, -0.1) is 0 Å². The maximum absolute atomic E-state index is 13.8. The van der Waals surface area contributed by atoms with Gasteiger partial charge in [-0.05, 0) is 6.92 Å². The highest BCUT2D eigenvalue weighted by Crippen LogP contribution is 2.46. The number of carbonyl (C=O) groups is 1. The van der Waals surface area contributed by atoms with Gasteiger partial charge in [-0.25, -0.2) is 22.4 Å². The highest BCUT2D eigenvalue weighted by molar-refractivity contribution is 5.77. The third-order valence-electron chi connectivity index (χ3n) is 4.30. The summed E-state index contributed by atoms with van der Waals surface area (Å²) >= 11 is 0. The van der Waals surface area contributed by atoms with Crippen LogP contribution in [0.15, 0.2) is 0 Å². The SMILES string of the molecule is CC(CN1CCOCC1)OC(=O)C(F)(F)CC(F)(F)C(F)(F)CCC(F)(F)C(F)F. The normalized spacial score (nSPS) is 18.5. The first-order valence-electron chi connectivity index (χ1n) is 8.81. The van der Waals surface area contributed by atoms with Crippen molar-refractivity contribution in [3.8, 4) is 0 Å². The lowest BCUT2D eigenvalue weighted by molar-refractivity contribution is -0.252. The Morgan fingerprint density at radius 3 is 2.00 bits per heavy atom. The monoisotopic (exact) mass is 465 g/mol. The number of nitrogens with zero attached hydrogens (tertiary/aromatic N) is 1. The Hall–Kier alpha value is -1.31. The summed E-state index contributed by atoms with van der Waals surface area (Å²) in [4.78, 5) is 13.2. The van der Waals surface area contributed by atoms with Gasteiger partial charge in [0.15, 0.2) is 0 Å². The second kappa shape index (κ2) is 9.88. The van der Waals surface area contributed by atoms with E-state index in [9.17, 15) is 48.7 Å². The molecule has 1 rings (SSSR count). The zero-order chi connectivity index (χ0) is 23.4. The molecule has 1 aliphatic heterocycles. The van der Waals surface area contributed by atoms with Gasteiger partial charge in [-0.1, -0.05) is 0 Å². The van der Waals surface area contributed by atoms with E-state index < -0.39 is 61.5 Å². The summed E-state index contributed by atoms with van der Waals surface area (Å²) in [5.74, 6) is -23.7. The van der Waals surface area contributed by atoms with Gasteiger partial charge in [0.25, 0.3) is 0 Å². The van der Waals surface area contributed by atoms with Gasteiger partial charge in [0, 0.05) is 32.5 Å². The van der Waals surface area contributed by atoms with Crippen molar-refractivity contribution in [2.75, 3.05) is 32.8 Å². The van der Waals surface area contributed by atoms with Crippen LogP contribution in [0.3, 0.4) is 0 Å². The molecule has 0 spiro atoms. The summed E-state index contributed by atoms with van der Waals surface area (Å²) in [6.45, 7) is 2.60. The van der Waals surface area contributed by atoms with Crippen LogP contribution >= 0.6 is 0 Å². The predicted octanol–water partition coefficient (Wildman–Crippen LogP) is 4.23. The van der Waals surface area contributed by atoms with Gasteiger partial charge in [-0.3, -0.25) is 4.90 Å². The fourth-order valence-electron chi connectivity index (χ4n) is 2.55. The van der Waals surface area contributed by atoms with Crippen LogP contribution < -0.4 is 0 Å². The first-order chi connectivity index (χ1) is 13.5. The molecule has 0 aliphatic carbocycles. The van der Waals surface area contributed by atoms with E-state index in [0.717, 1.165) is 0 Å². The molecule has 1 atom stereocenters. The summed E-state index contributed by atoms with van der Waals surface area (Å²) in [6.07, 6.45) is -13.5. The Balaban J connectivity index is 2.69. The van der Waals surface area contributed by atoms with Crippen LogP contribution in [0.1, 0.15) is 26.2 Å². The Kier molecular flexibility index (Phi) is 8.80. The Morgan fingerprint density at radius 2 is 1.50 bits per heavy atom. The van der Waals surface area contributed by atoms with E-state index in [1.165, 1.54) is 6.92 Å². The Bertz CT molecular complexity index is 567. The van der Waals surface area contributed by atoms with Crippen molar-refractivity contribution >= 4 is 5.97 Å². The fraction of sp³-hybridized carbons (Fsp3) is 0.938. The number of hydrogen-bond acceptors (Lipinski definition) is 4. The highest BCUT2D eigenvalue weighted by Gasteiger charge is 2.63. The topological polar surface area (TPSA) is 38.8 Å². The number of ether oxygens (including phenoxy) is 2. The zero-order valence-corrected chi connectivity index (χ0v) is 15.8. The molecular weight excluding hydrogens is 444 g/mol. The van der Waals surface area contributed by atoms with Crippen molar-refractivity contribution in [2.24, 2.45) is 0 Å². The second-order valence-electron chi connectivity index (χ2n) is 6.98. The maximum atomic E-state index is 13.8. The number of alkyl halides is 10. The van der Waals surface area contributed by atoms with Crippen molar-refractivity contribution in [1.29, 1.82) is 0 Å². The van der Waals surface area contributed by atoms with Crippen molar-refractivity contribution in [3.63, 3.8) is 0 Å². The molecule has 0 radical (unpaired) electrons. The molecule has 1 aliphatic rings. The molecule has 1 fully saturated rings. The molecule has 0 aromatic heterocycles. The summed E-state index contributed by atoms with van der Waals surface area (Å²) in [5.41, 5.74) is 0. The van der Waals surface area contributed by atoms with Crippen molar-refractivity contribution in [3.05, 3.63) is 0 Å². The minimum atomic E-state index is -5.64. The van der Waals surface area contributed by atoms with E-state index in [2.05, 4.69) is 4.74 Å². The summed E-state index contributed by atoms with van der Waals surface area (Å²) in [6, 6.07) is 0. The van der Waals surface area contributed by atoms with Crippen molar-refractivity contribution in [2.45, 2.75) is 62.4 Å². The number of carbonyl (C=O) groups excluding carboxylic acids is 1. The van der Waals surface area contributed by atoms with Gasteiger partial charge in [-0.2, -0.15) is 26.3 Å². The van der Waals surface area contributed by atoms with Crippen LogP contribution in [0, 0.1) is 0 Å². The van der Waals surface area contributed by atoms with Gasteiger partial charge in [0.1, 0.15) is 6.10 Å². The lowest BCUT2D eigenvalue weighted by atomic mass is 9.98. The van der Waals surface area contributed by atoms with Crippen molar-refractivity contribution in [1.82, 2.24) is 4.90 Å². The minimum Gasteiger partial charge on any atom is -0.457 e. The molecule has 1 saturated heterocycles. The summed E-state index contributed by atoms with van der Waals surface area (Å²) < 4.78 is 141. The maximum Gasteiger partial charge on any atom is 0.377 e. The second-order valence-corrected chi connectivity index (χ2v) is 6.98. The molecule has 1 unspecified atom stereocenters. The van der Waals surface area contributed by atoms with Crippen LogP contribution in [0.4, 0.5) is 43.9 Å². The van der Waals surface area contributed by atoms with E-state index in [0.29, 0.717) is 26.3 Å². The predicted molar refractivity (Wildman–Crippen MR) is 82.5 cm³/mol. The fourth-order valence-corrected chi connectivity index (χ4v) is 2.55. The first kappa shape index (κ1) is 26.7. The zero-order valence-electron chi connectivity index (χ0n) is 15.8. The van der Waals surface area contributed by atoms with Gasteiger partial charge in [0.2, 0.25) is 0 Å². The summed E-state index contributed by atoms with van der Waals surface area (Å²) in [5, 5.41) is 0. The molecule has 30 heavy (non-hydrogen) atoms. The molecule has 0 amide bonds. The third-order valence-corrected chi connectivity index (χ3v) is 4.30. The van der Waals surface area contributed by atoms with Crippen molar-refractivity contribution < 1.29 is 58.2 Å². The largest absolute Gasteiger partial charge is 0.457 e. The number of rotatable bonds is 11. The highest BCUT2D eigenvalue weighted by atomic mass is 19.3. The minimum absolute atomic E-state index is 0.0412. The third kappa shape index (κ3) is 7.43. The molecular formula is C16H21F10NO3.